The zero-order chi connectivity index (χ0) is 11.4. The smallest absolute Gasteiger partial charge is 0.165 e. The van der Waals surface area contributed by atoms with Gasteiger partial charge in [-0.2, -0.15) is 0 Å². The molecule has 1 aromatic rings. The SMILES string of the molecule is CCCC(C)C(=O)c1ccc(F)c(F)c1. The summed E-state index contributed by atoms with van der Waals surface area (Å²) in [7, 11) is 0. The monoisotopic (exact) mass is 212 g/mol. The summed E-state index contributed by atoms with van der Waals surface area (Å²) >= 11 is 0. The van der Waals surface area contributed by atoms with Crippen molar-refractivity contribution < 1.29 is 13.6 Å². The molecule has 0 saturated carbocycles. The molecule has 0 spiro atoms. The van der Waals surface area contributed by atoms with Gasteiger partial charge in [0.2, 0.25) is 0 Å². The fourth-order valence-corrected chi connectivity index (χ4v) is 1.50. The van der Waals surface area contributed by atoms with Crippen molar-refractivity contribution in [1.82, 2.24) is 0 Å². The molecule has 1 atom stereocenters. The maximum atomic E-state index is 12.9. The Bertz CT molecular complexity index is 361. The van der Waals surface area contributed by atoms with Crippen LogP contribution in [-0.2, 0) is 0 Å². The molecule has 0 aliphatic carbocycles. The number of halogens is 2. The number of benzene rings is 1. The minimum absolute atomic E-state index is 0.129. The highest BCUT2D eigenvalue weighted by atomic mass is 19.2. The van der Waals surface area contributed by atoms with E-state index in [2.05, 4.69) is 0 Å². The Morgan fingerprint density at radius 3 is 2.53 bits per heavy atom. The molecule has 0 fully saturated rings. The fraction of sp³-hybridized carbons (Fsp3) is 0.417. The van der Waals surface area contributed by atoms with Crippen molar-refractivity contribution in [2.24, 2.45) is 5.92 Å². The van der Waals surface area contributed by atoms with Gasteiger partial charge in [-0.15, -0.1) is 0 Å². The van der Waals surface area contributed by atoms with Crippen molar-refractivity contribution >= 4 is 5.78 Å². The maximum Gasteiger partial charge on any atom is 0.165 e. The summed E-state index contributed by atoms with van der Waals surface area (Å²) in [5.74, 6) is -2.16. The van der Waals surface area contributed by atoms with Crippen LogP contribution in [0, 0.1) is 17.6 Å². The van der Waals surface area contributed by atoms with E-state index in [1.54, 1.807) is 6.92 Å². The minimum atomic E-state index is -0.968. The Hall–Kier alpha value is -1.25. The summed E-state index contributed by atoms with van der Waals surface area (Å²) in [6.45, 7) is 3.78. The molecule has 0 radical (unpaired) electrons. The highest BCUT2D eigenvalue weighted by Crippen LogP contribution is 2.16. The van der Waals surface area contributed by atoms with Gasteiger partial charge < -0.3 is 0 Å². The summed E-state index contributed by atoms with van der Waals surface area (Å²) < 4.78 is 25.5. The quantitative estimate of drug-likeness (QED) is 0.697. The molecule has 1 nitrogen and oxygen atoms in total. The van der Waals surface area contributed by atoms with Gasteiger partial charge in [-0.25, -0.2) is 8.78 Å². The molecule has 0 heterocycles. The van der Waals surface area contributed by atoms with E-state index in [0.29, 0.717) is 0 Å². The molecule has 82 valence electrons. The lowest BCUT2D eigenvalue weighted by molar-refractivity contribution is 0.0923. The van der Waals surface area contributed by atoms with Crippen LogP contribution in [-0.4, -0.2) is 5.78 Å². The molecule has 0 aromatic heterocycles. The molecular weight excluding hydrogens is 198 g/mol. The highest BCUT2D eigenvalue weighted by molar-refractivity contribution is 5.97. The predicted octanol–water partition coefficient (Wildman–Crippen LogP) is 3.58. The Kier molecular flexibility index (Phi) is 3.95. The summed E-state index contributed by atoms with van der Waals surface area (Å²) in [6.07, 6.45) is 1.66. The number of hydrogen-bond acceptors (Lipinski definition) is 1. The molecular formula is C12H14F2O. The maximum absolute atomic E-state index is 12.9. The van der Waals surface area contributed by atoms with Crippen LogP contribution in [0.1, 0.15) is 37.0 Å². The number of Topliss-reactive ketones (excluding diaryl/α,β-unsaturated/α-hetero) is 1. The van der Waals surface area contributed by atoms with Crippen LogP contribution in [0.5, 0.6) is 0 Å². The zero-order valence-electron chi connectivity index (χ0n) is 8.89. The van der Waals surface area contributed by atoms with E-state index < -0.39 is 11.6 Å². The molecule has 0 bridgehead atoms. The number of carbonyl (C=O) groups excluding carboxylic acids is 1. The van der Waals surface area contributed by atoms with E-state index >= 15 is 0 Å². The topological polar surface area (TPSA) is 17.1 Å². The Morgan fingerprint density at radius 1 is 1.33 bits per heavy atom. The van der Waals surface area contributed by atoms with Gasteiger partial charge in [0, 0.05) is 11.5 Å². The van der Waals surface area contributed by atoms with Gasteiger partial charge in [0.1, 0.15) is 0 Å². The van der Waals surface area contributed by atoms with Gasteiger partial charge in [-0.3, -0.25) is 4.79 Å². The van der Waals surface area contributed by atoms with Crippen LogP contribution in [0.15, 0.2) is 18.2 Å². The summed E-state index contributed by atoms with van der Waals surface area (Å²) in [5.41, 5.74) is 0.245. The van der Waals surface area contributed by atoms with Crippen LogP contribution in [0.2, 0.25) is 0 Å². The zero-order valence-corrected chi connectivity index (χ0v) is 8.89. The lowest BCUT2D eigenvalue weighted by Gasteiger charge is -2.08. The van der Waals surface area contributed by atoms with Crippen LogP contribution in [0.3, 0.4) is 0 Å². The van der Waals surface area contributed by atoms with Crippen LogP contribution in [0.4, 0.5) is 8.78 Å². The predicted molar refractivity (Wildman–Crippen MR) is 54.8 cm³/mol. The third-order valence-electron chi connectivity index (χ3n) is 2.37. The Labute approximate surface area is 88.1 Å². The van der Waals surface area contributed by atoms with Crippen molar-refractivity contribution in [2.75, 3.05) is 0 Å². The molecule has 15 heavy (non-hydrogen) atoms. The first-order valence-corrected chi connectivity index (χ1v) is 5.05. The minimum Gasteiger partial charge on any atom is -0.294 e. The average Bonchev–Trinajstić information content (AvgIpc) is 2.21. The van der Waals surface area contributed by atoms with Gasteiger partial charge in [-0.1, -0.05) is 20.3 Å². The summed E-state index contributed by atoms with van der Waals surface area (Å²) in [4.78, 5) is 11.7. The van der Waals surface area contributed by atoms with Gasteiger partial charge in [0.05, 0.1) is 0 Å². The van der Waals surface area contributed by atoms with Gasteiger partial charge in [0.15, 0.2) is 17.4 Å². The lowest BCUT2D eigenvalue weighted by atomic mass is 9.95. The van der Waals surface area contributed by atoms with Crippen molar-refractivity contribution in [2.45, 2.75) is 26.7 Å². The molecule has 1 unspecified atom stereocenters. The lowest BCUT2D eigenvalue weighted by Crippen LogP contribution is -2.11. The second-order valence-electron chi connectivity index (χ2n) is 3.68. The first-order chi connectivity index (χ1) is 7.06. The van der Waals surface area contributed by atoms with Crippen molar-refractivity contribution in [3.63, 3.8) is 0 Å². The van der Waals surface area contributed by atoms with Gasteiger partial charge >= 0.3 is 0 Å². The Balaban J connectivity index is 2.87. The number of hydrogen-bond donors (Lipinski definition) is 0. The normalized spacial score (nSPS) is 12.5. The van der Waals surface area contributed by atoms with E-state index in [1.165, 1.54) is 6.07 Å². The van der Waals surface area contributed by atoms with E-state index in [1.807, 2.05) is 6.92 Å². The third kappa shape index (κ3) is 2.85. The molecule has 0 aliphatic heterocycles. The van der Waals surface area contributed by atoms with E-state index in [4.69, 9.17) is 0 Å². The molecule has 0 amide bonds. The first-order valence-electron chi connectivity index (χ1n) is 5.05. The van der Waals surface area contributed by atoms with E-state index in [9.17, 15) is 13.6 Å². The second kappa shape index (κ2) is 5.01. The molecule has 1 rings (SSSR count). The summed E-state index contributed by atoms with van der Waals surface area (Å²) in [6, 6.07) is 3.28. The van der Waals surface area contributed by atoms with Crippen LogP contribution >= 0.6 is 0 Å². The standard InChI is InChI=1S/C12H14F2O/c1-3-4-8(2)12(15)9-5-6-10(13)11(14)7-9/h5-8H,3-4H2,1-2H3. The fourth-order valence-electron chi connectivity index (χ4n) is 1.50. The molecule has 0 aliphatic rings. The summed E-state index contributed by atoms with van der Waals surface area (Å²) in [5, 5.41) is 0. The van der Waals surface area contributed by atoms with Crippen molar-refractivity contribution in [3.8, 4) is 0 Å². The number of ketones is 1. The molecule has 1 aromatic carbocycles. The van der Waals surface area contributed by atoms with Crippen molar-refractivity contribution in [3.05, 3.63) is 35.4 Å². The first kappa shape index (κ1) is 11.8. The van der Waals surface area contributed by atoms with Gasteiger partial charge in [0.25, 0.3) is 0 Å². The number of carbonyl (C=O) groups is 1. The van der Waals surface area contributed by atoms with Gasteiger partial charge in [-0.05, 0) is 24.6 Å². The van der Waals surface area contributed by atoms with E-state index in [-0.39, 0.29) is 17.3 Å². The van der Waals surface area contributed by atoms with Crippen LogP contribution in [0.25, 0.3) is 0 Å². The molecule has 0 saturated heterocycles. The highest BCUT2D eigenvalue weighted by Gasteiger charge is 2.15. The average molecular weight is 212 g/mol. The molecule has 3 heteroatoms. The van der Waals surface area contributed by atoms with Crippen LogP contribution < -0.4 is 0 Å². The second-order valence-corrected chi connectivity index (χ2v) is 3.68. The Morgan fingerprint density at radius 2 is 2.00 bits per heavy atom. The largest absolute Gasteiger partial charge is 0.294 e. The van der Waals surface area contributed by atoms with E-state index in [0.717, 1.165) is 25.0 Å². The van der Waals surface area contributed by atoms with Crippen molar-refractivity contribution in [1.29, 1.82) is 0 Å². The number of rotatable bonds is 4. The third-order valence-corrected chi connectivity index (χ3v) is 2.37. The molecule has 0 N–H and O–H groups in total.